The molecule has 1 aromatic rings. The van der Waals surface area contributed by atoms with Gasteiger partial charge in [0.25, 0.3) is 0 Å². The van der Waals surface area contributed by atoms with Crippen LogP contribution in [-0.4, -0.2) is 17.6 Å². The maximum absolute atomic E-state index is 5.84. The van der Waals surface area contributed by atoms with Gasteiger partial charge in [0.2, 0.25) is 0 Å². The van der Waals surface area contributed by atoms with Crippen molar-refractivity contribution in [2.24, 2.45) is 0 Å². The number of halogens is 1. The second-order valence-electron chi connectivity index (χ2n) is 3.70. The molecule has 0 radical (unpaired) electrons. The lowest BCUT2D eigenvalue weighted by molar-refractivity contribution is 0.449. The molecule has 0 N–H and O–H groups in total. The van der Waals surface area contributed by atoms with Gasteiger partial charge in [-0.25, -0.2) is 4.98 Å². The molecule has 0 aliphatic carbocycles. The van der Waals surface area contributed by atoms with Crippen LogP contribution in [-0.2, 0) is 0 Å². The number of hydrogen-bond donors (Lipinski definition) is 0. The minimum atomic E-state index is 0.630. The third-order valence-electron chi connectivity index (χ3n) is 2.81. The summed E-state index contributed by atoms with van der Waals surface area (Å²) < 4.78 is 0. The number of hydrogen-bond acceptors (Lipinski definition) is 3. The maximum Gasteiger partial charge on any atom is 0.186 e. The van der Waals surface area contributed by atoms with Crippen molar-refractivity contribution < 1.29 is 0 Å². The van der Waals surface area contributed by atoms with E-state index in [0.717, 1.165) is 11.7 Å². The van der Waals surface area contributed by atoms with E-state index >= 15 is 0 Å². The quantitative estimate of drug-likeness (QED) is 0.772. The third kappa shape index (κ3) is 2.04. The van der Waals surface area contributed by atoms with E-state index in [2.05, 4.69) is 16.8 Å². The van der Waals surface area contributed by atoms with Crippen LogP contribution in [0.2, 0.25) is 5.15 Å². The topological polar surface area (TPSA) is 16.1 Å². The average molecular weight is 231 g/mol. The normalized spacial score (nSPS) is 22.7. The molecule has 14 heavy (non-hydrogen) atoms. The minimum absolute atomic E-state index is 0.630. The van der Waals surface area contributed by atoms with Crippen molar-refractivity contribution in [1.82, 2.24) is 4.98 Å². The minimum Gasteiger partial charge on any atom is -0.345 e. The van der Waals surface area contributed by atoms with E-state index in [-0.39, 0.29) is 0 Å². The first-order chi connectivity index (χ1) is 6.81. The second kappa shape index (κ2) is 4.49. The van der Waals surface area contributed by atoms with Crippen LogP contribution in [0.15, 0.2) is 5.38 Å². The Morgan fingerprint density at radius 1 is 1.64 bits per heavy atom. The highest BCUT2D eigenvalue weighted by molar-refractivity contribution is 7.14. The fourth-order valence-electron chi connectivity index (χ4n) is 2.05. The third-order valence-corrected chi connectivity index (χ3v) is 4.01. The van der Waals surface area contributed by atoms with E-state index in [1.54, 1.807) is 11.3 Å². The average Bonchev–Trinajstić information content (AvgIpc) is 2.65. The molecule has 1 unspecified atom stereocenters. The van der Waals surface area contributed by atoms with Gasteiger partial charge in [-0.1, -0.05) is 18.5 Å². The summed E-state index contributed by atoms with van der Waals surface area (Å²) in [5, 5.41) is 3.64. The smallest absolute Gasteiger partial charge is 0.186 e. The molecular formula is C10H15ClN2S. The highest BCUT2D eigenvalue weighted by Gasteiger charge is 2.22. The summed E-state index contributed by atoms with van der Waals surface area (Å²) in [4.78, 5) is 6.76. The number of nitrogens with zero attached hydrogens (tertiary/aromatic N) is 2. The van der Waals surface area contributed by atoms with Gasteiger partial charge in [0, 0.05) is 18.0 Å². The lowest BCUT2D eigenvalue weighted by Gasteiger charge is -2.34. The van der Waals surface area contributed by atoms with Gasteiger partial charge in [0.15, 0.2) is 5.13 Å². The SMILES string of the molecule is CCC1CCCCN1c1nc(Cl)cs1. The van der Waals surface area contributed by atoms with Crippen molar-refractivity contribution in [3.63, 3.8) is 0 Å². The number of rotatable bonds is 2. The van der Waals surface area contributed by atoms with Gasteiger partial charge >= 0.3 is 0 Å². The molecule has 0 spiro atoms. The van der Waals surface area contributed by atoms with Crippen molar-refractivity contribution in [3.8, 4) is 0 Å². The Kier molecular flexibility index (Phi) is 3.29. The van der Waals surface area contributed by atoms with Crippen LogP contribution in [0.1, 0.15) is 32.6 Å². The van der Waals surface area contributed by atoms with Gasteiger partial charge in [0.05, 0.1) is 0 Å². The summed E-state index contributed by atoms with van der Waals surface area (Å²) in [6, 6.07) is 0.672. The molecule has 0 aromatic carbocycles. The van der Waals surface area contributed by atoms with Crippen molar-refractivity contribution >= 4 is 28.1 Å². The molecule has 2 nitrogen and oxygen atoms in total. The molecule has 0 bridgehead atoms. The van der Waals surface area contributed by atoms with Gasteiger partial charge in [0.1, 0.15) is 5.15 Å². The largest absolute Gasteiger partial charge is 0.345 e. The molecule has 1 aliphatic heterocycles. The van der Waals surface area contributed by atoms with Crippen LogP contribution in [0.5, 0.6) is 0 Å². The molecule has 1 aromatic heterocycles. The highest BCUT2D eigenvalue weighted by atomic mass is 35.5. The monoisotopic (exact) mass is 230 g/mol. The summed E-state index contributed by atoms with van der Waals surface area (Å²) in [7, 11) is 0. The molecule has 1 fully saturated rings. The molecule has 1 atom stereocenters. The van der Waals surface area contributed by atoms with Crippen molar-refractivity contribution in [2.75, 3.05) is 11.4 Å². The molecule has 0 amide bonds. The van der Waals surface area contributed by atoms with E-state index in [4.69, 9.17) is 11.6 Å². The van der Waals surface area contributed by atoms with Gasteiger partial charge in [-0.3, -0.25) is 0 Å². The zero-order valence-corrected chi connectivity index (χ0v) is 9.94. The summed E-state index contributed by atoms with van der Waals surface area (Å²) in [5.41, 5.74) is 0. The van der Waals surface area contributed by atoms with E-state index in [9.17, 15) is 0 Å². The summed E-state index contributed by atoms with van der Waals surface area (Å²) in [6.45, 7) is 3.39. The number of thiazole rings is 1. The fraction of sp³-hybridized carbons (Fsp3) is 0.700. The van der Waals surface area contributed by atoms with E-state index in [1.807, 2.05) is 5.38 Å². The fourth-order valence-corrected chi connectivity index (χ4v) is 3.10. The van der Waals surface area contributed by atoms with Gasteiger partial charge in [-0.2, -0.15) is 0 Å². The molecule has 2 heterocycles. The predicted molar refractivity (Wildman–Crippen MR) is 62.4 cm³/mol. The maximum atomic E-state index is 5.84. The summed E-state index contributed by atoms with van der Waals surface area (Å²) in [6.07, 6.45) is 5.15. The Morgan fingerprint density at radius 3 is 3.14 bits per heavy atom. The highest BCUT2D eigenvalue weighted by Crippen LogP contribution is 2.30. The molecular weight excluding hydrogens is 216 g/mol. The van der Waals surface area contributed by atoms with Crippen LogP contribution in [0.25, 0.3) is 0 Å². The first-order valence-corrected chi connectivity index (χ1v) is 6.44. The first-order valence-electron chi connectivity index (χ1n) is 5.19. The number of aromatic nitrogens is 1. The Morgan fingerprint density at radius 2 is 2.50 bits per heavy atom. The molecule has 0 saturated carbocycles. The van der Waals surface area contributed by atoms with Crippen LogP contribution in [0.3, 0.4) is 0 Å². The van der Waals surface area contributed by atoms with E-state index < -0.39 is 0 Å². The molecule has 78 valence electrons. The first kappa shape index (κ1) is 10.2. The number of anilines is 1. The zero-order chi connectivity index (χ0) is 9.97. The Balaban J connectivity index is 2.14. The van der Waals surface area contributed by atoms with Crippen LogP contribution < -0.4 is 4.90 Å². The molecule has 1 aliphatic rings. The standard InChI is InChI=1S/C10H15ClN2S/c1-2-8-5-3-4-6-13(8)10-12-9(11)7-14-10/h7-8H,2-6H2,1H3. The van der Waals surface area contributed by atoms with E-state index in [0.29, 0.717) is 11.2 Å². The Hall–Kier alpha value is -0.280. The predicted octanol–water partition coefficient (Wildman–Crippen LogP) is 3.57. The second-order valence-corrected chi connectivity index (χ2v) is 4.93. The molecule has 1 saturated heterocycles. The van der Waals surface area contributed by atoms with Crippen LogP contribution >= 0.6 is 22.9 Å². The lowest BCUT2D eigenvalue weighted by Crippen LogP contribution is -2.38. The van der Waals surface area contributed by atoms with Crippen molar-refractivity contribution in [2.45, 2.75) is 38.6 Å². The Bertz CT molecular complexity index is 300. The summed E-state index contributed by atoms with van der Waals surface area (Å²) >= 11 is 7.50. The van der Waals surface area contributed by atoms with Crippen molar-refractivity contribution in [1.29, 1.82) is 0 Å². The zero-order valence-electron chi connectivity index (χ0n) is 8.37. The molecule has 4 heteroatoms. The van der Waals surface area contributed by atoms with Gasteiger partial charge in [-0.15, -0.1) is 11.3 Å². The van der Waals surface area contributed by atoms with Crippen LogP contribution in [0.4, 0.5) is 5.13 Å². The lowest BCUT2D eigenvalue weighted by atomic mass is 10.0. The number of piperidine rings is 1. The summed E-state index contributed by atoms with van der Waals surface area (Å²) in [5.74, 6) is 0. The van der Waals surface area contributed by atoms with Gasteiger partial charge < -0.3 is 4.90 Å². The van der Waals surface area contributed by atoms with Crippen molar-refractivity contribution in [3.05, 3.63) is 10.5 Å². The van der Waals surface area contributed by atoms with E-state index in [1.165, 1.54) is 25.7 Å². The van der Waals surface area contributed by atoms with Gasteiger partial charge in [-0.05, 0) is 25.7 Å². The van der Waals surface area contributed by atoms with Crippen LogP contribution in [0, 0.1) is 0 Å². The molecule has 2 rings (SSSR count). The Labute approximate surface area is 93.9 Å².